The quantitative estimate of drug-likeness (QED) is 0.340. The molecular weight excluding hydrogens is 488 g/mol. The molecule has 0 radical (unpaired) electrons. The second-order valence-electron chi connectivity index (χ2n) is 7.81. The standard InChI is InChI=1S/C24H19F2N7O2S/c25-22(26)20-19(36(27,34)35)12-16(13-29-20)24-32-31-23(30-14-17-8-4-5-10-28-17)21-18(9-11-33(21)24)15-6-2-1-3-7-15/h1-13,22H,14H2,(H,30,31)(H2,27,34,35). The third-order valence-electron chi connectivity index (χ3n) is 5.48. The lowest BCUT2D eigenvalue weighted by atomic mass is 10.1. The average molecular weight is 508 g/mol. The number of benzene rings is 1. The zero-order valence-corrected chi connectivity index (χ0v) is 19.4. The fourth-order valence-electron chi connectivity index (χ4n) is 3.86. The Morgan fingerprint density at radius 1 is 0.972 bits per heavy atom. The van der Waals surface area contributed by atoms with E-state index >= 15 is 0 Å². The third-order valence-corrected chi connectivity index (χ3v) is 6.42. The van der Waals surface area contributed by atoms with Crippen LogP contribution >= 0.6 is 0 Å². The molecule has 5 rings (SSSR count). The van der Waals surface area contributed by atoms with Crippen LogP contribution in [0.1, 0.15) is 17.8 Å². The number of aromatic nitrogens is 5. The number of sulfonamides is 1. The summed E-state index contributed by atoms with van der Waals surface area (Å²) in [5.41, 5.74) is 2.43. The van der Waals surface area contributed by atoms with Crippen molar-refractivity contribution in [3.05, 3.63) is 90.6 Å². The van der Waals surface area contributed by atoms with Crippen LogP contribution in [0.2, 0.25) is 0 Å². The normalized spacial score (nSPS) is 11.8. The minimum absolute atomic E-state index is 0.160. The molecule has 0 unspecified atom stereocenters. The summed E-state index contributed by atoms with van der Waals surface area (Å²) in [6.45, 7) is 0.379. The number of anilines is 1. The number of pyridine rings is 2. The Labute approximate surface area is 204 Å². The van der Waals surface area contributed by atoms with Crippen molar-refractivity contribution in [2.24, 2.45) is 5.14 Å². The number of halogens is 2. The number of nitrogens with one attached hydrogen (secondary N) is 1. The van der Waals surface area contributed by atoms with Crippen LogP contribution in [-0.2, 0) is 16.6 Å². The fraction of sp³-hybridized carbons (Fsp3) is 0.0833. The summed E-state index contributed by atoms with van der Waals surface area (Å²) in [5.74, 6) is 0.658. The van der Waals surface area contributed by atoms with Crippen molar-refractivity contribution < 1.29 is 17.2 Å². The van der Waals surface area contributed by atoms with Crippen LogP contribution in [0, 0.1) is 0 Å². The van der Waals surface area contributed by atoms with Gasteiger partial charge < -0.3 is 5.32 Å². The van der Waals surface area contributed by atoms with Crippen molar-refractivity contribution >= 4 is 21.4 Å². The Hall–Kier alpha value is -4.29. The number of nitrogens with zero attached hydrogens (tertiary/aromatic N) is 5. The maximum absolute atomic E-state index is 13.4. The van der Waals surface area contributed by atoms with Gasteiger partial charge in [0.2, 0.25) is 10.0 Å². The summed E-state index contributed by atoms with van der Waals surface area (Å²) in [6.07, 6.45) is 1.44. The summed E-state index contributed by atoms with van der Waals surface area (Å²) in [6, 6.07) is 18.1. The molecule has 3 N–H and O–H groups in total. The number of alkyl halides is 2. The minimum Gasteiger partial charge on any atom is -0.361 e. The van der Waals surface area contributed by atoms with Crippen LogP contribution in [0.5, 0.6) is 0 Å². The highest BCUT2D eigenvalue weighted by Crippen LogP contribution is 2.34. The van der Waals surface area contributed by atoms with Gasteiger partial charge in [-0.2, -0.15) is 0 Å². The van der Waals surface area contributed by atoms with Crippen LogP contribution < -0.4 is 10.5 Å². The third kappa shape index (κ3) is 4.51. The molecule has 0 aliphatic rings. The average Bonchev–Trinajstić information content (AvgIpc) is 3.33. The van der Waals surface area contributed by atoms with Crippen molar-refractivity contribution in [1.82, 2.24) is 24.6 Å². The lowest BCUT2D eigenvalue weighted by molar-refractivity contribution is 0.142. The number of rotatable bonds is 7. The molecule has 0 amide bonds. The number of hydrogen-bond acceptors (Lipinski definition) is 7. The Balaban J connectivity index is 1.68. The highest BCUT2D eigenvalue weighted by Gasteiger charge is 2.25. The van der Waals surface area contributed by atoms with Gasteiger partial charge in [-0.25, -0.2) is 22.3 Å². The molecular formula is C24H19F2N7O2S. The first-order valence-electron chi connectivity index (χ1n) is 10.7. The van der Waals surface area contributed by atoms with Gasteiger partial charge in [0.05, 0.1) is 17.8 Å². The van der Waals surface area contributed by atoms with Gasteiger partial charge in [-0.05, 0) is 29.8 Å². The highest BCUT2D eigenvalue weighted by molar-refractivity contribution is 7.89. The summed E-state index contributed by atoms with van der Waals surface area (Å²) in [7, 11) is -4.47. The minimum atomic E-state index is -4.47. The Morgan fingerprint density at radius 3 is 2.44 bits per heavy atom. The van der Waals surface area contributed by atoms with Gasteiger partial charge in [0, 0.05) is 29.7 Å². The number of primary sulfonamides is 1. The molecule has 4 heterocycles. The SMILES string of the molecule is NS(=O)(=O)c1cc(-c2nnc(NCc3ccccn3)c3c(-c4ccccc4)ccn23)cnc1C(F)F. The zero-order valence-electron chi connectivity index (χ0n) is 18.6. The molecule has 0 saturated carbocycles. The second-order valence-corrected chi connectivity index (χ2v) is 9.34. The Kier molecular flexibility index (Phi) is 6.12. The molecule has 0 bridgehead atoms. The Bertz CT molecular complexity index is 1640. The first kappa shape index (κ1) is 23.5. The van der Waals surface area contributed by atoms with Gasteiger partial charge in [0.25, 0.3) is 6.43 Å². The molecule has 1 aromatic carbocycles. The maximum Gasteiger partial charge on any atom is 0.281 e. The molecule has 0 fully saturated rings. The van der Waals surface area contributed by atoms with E-state index in [2.05, 4.69) is 25.5 Å². The van der Waals surface area contributed by atoms with E-state index in [1.54, 1.807) is 16.8 Å². The zero-order chi connectivity index (χ0) is 25.3. The van der Waals surface area contributed by atoms with Crippen LogP contribution in [-0.4, -0.2) is 33.0 Å². The molecule has 9 nitrogen and oxygen atoms in total. The molecule has 12 heteroatoms. The number of fused-ring (bicyclic) bond motifs is 1. The van der Waals surface area contributed by atoms with Gasteiger partial charge in [-0.3, -0.25) is 14.4 Å². The van der Waals surface area contributed by atoms with E-state index in [4.69, 9.17) is 5.14 Å². The van der Waals surface area contributed by atoms with Gasteiger partial charge in [-0.1, -0.05) is 36.4 Å². The van der Waals surface area contributed by atoms with Crippen LogP contribution in [0.3, 0.4) is 0 Å². The summed E-state index contributed by atoms with van der Waals surface area (Å²) in [4.78, 5) is 7.22. The molecule has 36 heavy (non-hydrogen) atoms. The van der Waals surface area contributed by atoms with Crippen LogP contribution in [0.25, 0.3) is 28.0 Å². The van der Waals surface area contributed by atoms with E-state index in [1.165, 1.54) is 0 Å². The Morgan fingerprint density at radius 2 is 1.75 bits per heavy atom. The smallest absolute Gasteiger partial charge is 0.281 e. The monoisotopic (exact) mass is 507 g/mol. The molecule has 0 aliphatic heterocycles. The van der Waals surface area contributed by atoms with E-state index in [0.717, 1.165) is 29.1 Å². The van der Waals surface area contributed by atoms with Crippen molar-refractivity contribution in [1.29, 1.82) is 0 Å². The van der Waals surface area contributed by atoms with Crippen molar-refractivity contribution in [2.45, 2.75) is 17.9 Å². The maximum atomic E-state index is 13.4. The molecule has 182 valence electrons. The first-order chi connectivity index (χ1) is 17.3. The van der Waals surface area contributed by atoms with E-state index in [1.807, 2.05) is 54.6 Å². The van der Waals surface area contributed by atoms with Crippen LogP contribution in [0.15, 0.2) is 84.1 Å². The van der Waals surface area contributed by atoms with Crippen molar-refractivity contribution in [3.8, 4) is 22.5 Å². The molecule has 0 saturated heterocycles. The fourth-order valence-corrected chi connectivity index (χ4v) is 4.58. The second kappa shape index (κ2) is 9.40. The van der Waals surface area contributed by atoms with E-state index in [-0.39, 0.29) is 11.4 Å². The summed E-state index contributed by atoms with van der Waals surface area (Å²) in [5, 5.41) is 17.0. The van der Waals surface area contributed by atoms with Crippen LogP contribution in [0.4, 0.5) is 14.6 Å². The highest BCUT2D eigenvalue weighted by atomic mass is 32.2. The first-order valence-corrected chi connectivity index (χ1v) is 12.3. The largest absolute Gasteiger partial charge is 0.361 e. The van der Waals surface area contributed by atoms with E-state index in [9.17, 15) is 17.2 Å². The van der Waals surface area contributed by atoms with Gasteiger partial charge in [0.15, 0.2) is 11.6 Å². The lowest BCUT2D eigenvalue weighted by Gasteiger charge is -2.13. The van der Waals surface area contributed by atoms with Gasteiger partial charge >= 0.3 is 0 Å². The van der Waals surface area contributed by atoms with Crippen molar-refractivity contribution in [3.63, 3.8) is 0 Å². The van der Waals surface area contributed by atoms with Gasteiger partial charge in [-0.15, -0.1) is 10.2 Å². The molecule has 0 atom stereocenters. The molecule has 0 aliphatic carbocycles. The molecule has 0 spiro atoms. The molecule has 5 aromatic rings. The van der Waals surface area contributed by atoms with Crippen molar-refractivity contribution in [2.75, 3.05) is 5.32 Å². The van der Waals surface area contributed by atoms with E-state index in [0.29, 0.717) is 17.9 Å². The number of nitrogens with two attached hydrogens (primary N) is 1. The predicted octanol–water partition coefficient (Wildman–Crippen LogP) is 4.05. The summed E-state index contributed by atoms with van der Waals surface area (Å²) >= 11 is 0. The lowest BCUT2D eigenvalue weighted by Crippen LogP contribution is -2.16. The summed E-state index contributed by atoms with van der Waals surface area (Å²) < 4.78 is 52.5. The van der Waals surface area contributed by atoms with E-state index < -0.39 is 27.0 Å². The molecule has 4 aromatic heterocycles. The topological polar surface area (TPSA) is 128 Å². The number of hydrogen-bond donors (Lipinski definition) is 2. The van der Waals surface area contributed by atoms with Gasteiger partial charge in [0.1, 0.15) is 10.6 Å². The predicted molar refractivity (Wildman–Crippen MR) is 130 cm³/mol.